The number of aliphatic carboxylic acids is 1. The van der Waals surface area contributed by atoms with Gasteiger partial charge in [0.25, 0.3) is 0 Å². The molecule has 2 atom stereocenters. The fourth-order valence-electron chi connectivity index (χ4n) is 2.92. The Morgan fingerprint density at radius 1 is 1.43 bits per heavy atom. The van der Waals surface area contributed by atoms with Crippen molar-refractivity contribution < 1.29 is 74.1 Å². The van der Waals surface area contributed by atoms with Gasteiger partial charge in [-0.1, -0.05) is 18.5 Å². The van der Waals surface area contributed by atoms with E-state index in [4.69, 9.17) is 16.7 Å². The van der Waals surface area contributed by atoms with Gasteiger partial charge in [-0.05, 0) is 48.5 Å². The summed E-state index contributed by atoms with van der Waals surface area (Å²) in [6, 6.07) is 2.84. The number of piperidine rings is 1. The second-order valence-corrected chi connectivity index (χ2v) is 7.97. The molecule has 2 N–H and O–H groups in total. The number of aromatic nitrogens is 3. The van der Waals surface area contributed by atoms with Gasteiger partial charge < -0.3 is 36.7 Å². The largest absolute Gasteiger partial charge is 1.00 e. The standard InChI is InChI=1S/C14H15ClFN4O2S.C4H6O2.K/c1-8-7-20(23(21)22)5-4-10(8)12-13(15)19-14(18-12)11-3-2-9(16)6-17-11;1-3(2)4(5)6;/h2-3,6,8,10H,4-5,7H2,1H3,(H,18,19);3H,1-2H2,(H,5,6);/q-1;-2;+1/t8-,10+;;/m0../s1. The monoisotopic (exact) mass is 482 g/mol. The van der Waals surface area contributed by atoms with Crippen LogP contribution in [0.25, 0.3) is 11.5 Å². The number of carbonyl (C=O) groups is 1. The molecule has 0 aliphatic carbocycles. The summed E-state index contributed by atoms with van der Waals surface area (Å²) in [6.45, 7) is 9.13. The molecule has 1 aliphatic heterocycles. The number of nitrogens with one attached hydrogen (secondary N) is 1. The summed E-state index contributed by atoms with van der Waals surface area (Å²) in [5.74, 6) is -1.44. The first-order valence-corrected chi connectivity index (χ1v) is 10.1. The van der Waals surface area contributed by atoms with Crippen LogP contribution in [0.4, 0.5) is 4.39 Å². The number of carboxylic acid groups (broad SMARTS) is 1. The molecular formula is C18H21ClFKN4O4S-2. The molecule has 160 valence electrons. The van der Waals surface area contributed by atoms with Crippen molar-refractivity contribution in [2.75, 3.05) is 13.1 Å². The van der Waals surface area contributed by atoms with E-state index in [9.17, 15) is 17.6 Å². The molecule has 1 aliphatic rings. The fourth-order valence-corrected chi connectivity index (χ4v) is 3.80. The molecule has 0 aromatic carbocycles. The van der Waals surface area contributed by atoms with Gasteiger partial charge >= 0.3 is 51.4 Å². The molecule has 1 saturated heterocycles. The number of aromatic amines is 1. The first kappa shape index (κ1) is 27.6. The zero-order chi connectivity index (χ0) is 21.7. The van der Waals surface area contributed by atoms with E-state index in [1.54, 1.807) is 0 Å². The van der Waals surface area contributed by atoms with Crippen molar-refractivity contribution in [3.63, 3.8) is 0 Å². The number of rotatable bonds is 4. The van der Waals surface area contributed by atoms with Crippen LogP contribution in [-0.4, -0.2) is 43.4 Å². The molecule has 30 heavy (non-hydrogen) atoms. The minimum atomic E-state index is -2.20. The van der Waals surface area contributed by atoms with Crippen LogP contribution in [0.3, 0.4) is 0 Å². The van der Waals surface area contributed by atoms with E-state index in [1.165, 1.54) is 16.4 Å². The Kier molecular flexibility index (Phi) is 11.6. The van der Waals surface area contributed by atoms with Crippen LogP contribution < -0.4 is 51.4 Å². The van der Waals surface area contributed by atoms with E-state index in [0.717, 1.165) is 11.9 Å². The minimum absolute atomic E-state index is 0. The van der Waals surface area contributed by atoms with Crippen LogP contribution in [0.5, 0.6) is 0 Å². The summed E-state index contributed by atoms with van der Waals surface area (Å²) >= 11 is 6.24. The first-order chi connectivity index (χ1) is 13.6. The second kappa shape index (κ2) is 12.6. The van der Waals surface area contributed by atoms with Gasteiger partial charge in [0.05, 0.1) is 11.9 Å². The number of halogens is 2. The summed E-state index contributed by atoms with van der Waals surface area (Å²) in [4.78, 5) is 21.0. The van der Waals surface area contributed by atoms with Crippen LogP contribution >= 0.6 is 11.6 Å². The number of imidazole rings is 1. The zero-order valence-electron chi connectivity index (χ0n) is 16.7. The zero-order valence-corrected chi connectivity index (χ0v) is 21.4. The minimum Gasteiger partial charge on any atom is -0.485 e. The van der Waals surface area contributed by atoms with Crippen LogP contribution in [-0.2, 0) is 24.1 Å². The van der Waals surface area contributed by atoms with Gasteiger partial charge in [0.15, 0.2) is 11.0 Å². The molecule has 3 rings (SSSR count). The van der Waals surface area contributed by atoms with Crippen LogP contribution in [0, 0.1) is 31.5 Å². The predicted octanol–water partition coefficient (Wildman–Crippen LogP) is 0.273. The Morgan fingerprint density at radius 3 is 2.53 bits per heavy atom. The quantitative estimate of drug-likeness (QED) is 0.367. The van der Waals surface area contributed by atoms with E-state index < -0.39 is 28.6 Å². The van der Waals surface area contributed by atoms with E-state index in [1.807, 2.05) is 6.92 Å². The van der Waals surface area contributed by atoms with Gasteiger partial charge in [0.1, 0.15) is 11.5 Å². The summed E-state index contributed by atoms with van der Waals surface area (Å²) < 4.78 is 36.5. The summed E-state index contributed by atoms with van der Waals surface area (Å²) in [5.41, 5.74) is 1.28. The molecule has 8 nitrogen and oxygen atoms in total. The summed E-state index contributed by atoms with van der Waals surface area (Å²) in [6.07, 6.45) is 1.78. The topological polar surface area (TPSA) is 116 Å². The Hall–Kier alpha value is -0.404. The number of nitrogens with zero attached hydrogens (tertiary/aromatic N) is 3. The van der Waals surface area contributed by atoms with Crippen molar-refractivity contribution >= 4 is 28.5 Å². The van der Waals surface area contributed by atoms with Crippen molar-refractivity contribution in [3.8, 4) is 11.5 Å². The molecule has 0 unspecified atom stereocenters. The Balaban J connectivity index is 0.000000567. The first-order valence-electron chi connectivity index (χ1n) is 8.70. The molecule has 12 heteroatoms. The summed E-state index contributed by atoms with van der Waals surface area (Å²) in [7, 11) is -2.20. The molecular weight excluding hydrogens is 462 g/mol. The second-order valence-electron chi connectivity index (χ2n) is 6.66. The van der Waals surface area contributed by atoms with Gasteiger partial charge in [-0.2, -0.15) is 0 Å². The number of carboxylic acids is 1. The number of pyridine rings is 1. The average Bonchev–Trinajstić information content (AvgIpc) is 3.04. The maximum absolute atomic E-state index is 13.0. The van der Waals surface area contributed by atoms with Crippen molar-refractivity contribution in [3.05, 3.63) is 48.8 Å². The predicted molar refractivity (Wildman–Crippen MR) is 105 cm³/mol. The van der Waals surface area contributed by atoms with Gasteiger partial charge in [-0.15, -0.1) is 0 Å². The van der Waals surface area contributed by atoms with Crippen LogP contribution in [0.1, 0.15) is 25.0 Å². The SMILES string of the molecule is C[C@H]1CN([S-](=O)=O)CC[C@H]1c1[nH]c(-c2ccc(F)cn2)nc1Cl.[CH2-]C([CH2-])C(=O)O.[K+]. The number of H-pyrrole nitrogens is 1. The third-order valence-electron chi connectivity index (χ3n) is 4.45. The molecule has 2 aromatic rings. The van der Waals surface area contributed by atoms with Crippen LogP contribution in [0.15, 0.2) is 18.3 Å². The maximum atomic E-state index is 13.0. The van der Waals surface area contributed by atoms with E-state index in [-0.39, 0.29) is 63.2 Å². The van der Waals surface area contributed by atoms with E-state index in [2.05, 4.69) is 28.8 Å². The molecule has 0 spiro atoms. The van der Waals surface area contributed by atoms with Crippen molar-refractivity contribution in [2.24, 2.45) is 11.8 Å². The van der Waals surface area contributed by atoms with Crippen molar-refractivity contribution in [2.45, 2.75) is 19.3 Å². The molecule has 0 radical (unpaired) electrons. The molecule has 1 fully saturated rings. The Labute approximate surface area is 224 Å². The molecule has 0 bridgehead atoms. The van der Waals surface area contributed by atoms with E-state index >= 15 is 0 Å². The third-order valence-corrected chi connectivity index (χ3v) is 5.50. The smallest absolute Gasteiger partial charge is 0.485 e. The Bertz CT molecular complexity index is 915. The van der Waals surface area contributed by atoms with Gasteiger partial charge in [-0.25, -0.2) is 20.3 Å². The number of hydrogen-bond acceptors (Lipinski definition) is 6. The third kappa shape index (κ3) is 7.63. The molecule has 0 amide bonds. The maximum Gasteiger partial charge on any atom is 1.00 e. The van der Waals surface area contributed by atoms with Crippen LogP contribution in [0.2, 0.25) is 5.15 Å². The summed E-state index contributed by atoms with van der Waals surface area (Å²) in [5, 5.41) is 8.21. The molecule has 2 aromatic heterocycles. The van der Waals surface area contributed by atoms with Crippen molar-refractivity contribution in [1.29, 1.82) is 0 Å². The average molecular weight is 483 g/mol. The van der Waals surface area contributed by atoms with Gasteiger partial charge in [0.2, 0.25) is 5.97 Å². The van der Waals surface area contributed by atoms with Gasteiger partial charge in [-0.3, -0.25) is 4.79 Å². The van der Waals surface area contributed by atoms with Gasteiger partial charge in [0, 0.05) is 5.92 Å². The fraction of sp³-hybridized carbons (Fsp3) is 0.389. The Morgan fingerprint density at radius 2 is 2.07 bits per heavy atom. The molecule has 0 saturated carbocycles. The number of hydrogen-bond donors (Lipinski definition) is 2. The van der Waals surface area contributed by atoms with E-state index in [0.29, 0.717) is 36.2 Å². The van der Waals surface area contributed by atoms with Crippen molar-refractivity contribution in [1.82, 2.24) is 19.3 Å². The molecule has 3 heterocycles. The normalized spacial score (nSPS) is 19.2.